The Morgan fingerprint density at radius 3 is 2.43 bits per heavy atom. The maximum absolute atomic E-state index is 12.4. The number of nitrogens with zero attached hydrogens (tertiary/aromatic N) is 3. The maximum Gasteiger partial charge on any atom is 0.306 e. The van der Waals surface area contributed by atoms with Crippen LogP contribution in [0.15, 0.2) is 0 Å². The summed E-state index contributed by atoms with van der Waals surface area (Å²) >= 11 is 0. The summed E-state index contributed by atoms with van der Waals surface area (Å²) in [4.78, 5) is 29.8. The van der Waals surface area contributed by atoms with E-state index in [-0.39, 0.29) is 11.8 Å². The molecule has 1 unspecified atom stereocenters. The summed E-state index contributed by atoms with van der Waals surface area (Å²) in [7, 11) is 2.12. The largest absolute Gasteiger partial charge is 0.481 e. The molecule has 2 aliphatic rings. The molecule has 1 amide bonds. The number of piperidine rings is 1. The number of carbonyl (C=O) groups is 2. The van der Waals surface area contributed by atoms with Crippen molar-refractivity contribution in [1.29, 1.82) is 0 Å². The second-order valence-corrected chi connectivity index (χ2v) is 6.43. The predicted molar refractivity (Wildman–Crippen MR) is 80.1 cm³/mol. The molecule has 2 rings (SSSR count). The smallest absolute Gasteiger partial charge is 0.306 e. The van der Waals surface area contributed by atoms with Gasteiger partial charge in [0.15, 0.2) is 0 Å². The minimum Gasteiger partial charge on any atom is -0.481 e. The van der Waals surface area contributed by atoms with Gasteiger partial charge in [0.1, 0.15) is 0 Å². The minimum absolute atomic E-state index is 0.148. The van der Waals surface area contributed by atoms with Crippen LogP contribution >= 0.6 is 0 Å². The molecule has 0 bridgehead atoms. The van der Waals surface area contributed by atoms with Crippen LogP contribution in [0, 0.1) is 5.92 Å². The normalized spacial score (nSPS) is 26.6. The Labute approximate surface area is 126 Å². The van der Waals surface area contributed by atoms with E-state index < -0.39 is 5.97 Å². The van der Waals surface area contributed by atoms with Gasteiger partial charge >= 0.3 is 5.97 Å². The Balaban J connectivity index is 1.83. The lowest BCUT2D eigenvalue weighted by Gasteiger charge is -2.33. The third-order valence-corrected chi connectivity index (χ3v) is 4.72. The fraction of sp³-hybridized carbons (Fsp3) is 0.867. The number of aliphatic carboxylic acids is 1. The quantitative estimate of drug-likeness (QED) is 0.813. The highest BCUT2D eigenvalue weighted by Crippen LogP contribution is 2.18. The van der Waals surface area contributed by atoms with E-state index in [9.17, 15) is 9.59 Å². The van der Waals surface area contributed by atoms with Crippen molar-refractivity contribution in [2.75, 3.05) is 46.3 Å². The molecule has 2 aliphatic heterocycles. The Morgan fingerprint density at radius 2 is 1.81 bits per heavy atom. The SMILES string of the molecule is CC1CN(C)CCCN1CC(=O)N1CCC(C(=O)O)CC1. The summed E-state index contributed by atoms with van der Waals surface area (Å²) in [5.74, 6) is -0.860. The zero-order valence-electron chi connectivity index (χ0n) is 13.1. The molecule has 0 aliphatic carbocycles. The molecule has 2 heterocycles. The van der Waals surface area contributed by atoms with Crippen molar-refractivity contribution in [3.63, 3.8) is 0 Å². The van der Waals surface area contributed by atoms with Crippen molar-refractivity contribution in [2.45, 2.75) is 32.2 Å². The van der Waals surface area contributed by atoms with Crippen LogP contribution in [0.3, 0.4) is 0 Å². The van der Waals surface area contributed by atoms with Crippen molar-refractivity contribution >= 4 is 11.9 Å². The van der Waals surface area contributed by atoms with E-state index in [1.54, 1.807) is 0 Å². The Morgan fingerprint density at radius 1 is 1.14 bits per heavy atom. The van der Waals surface area contributed by atoms with E-state index in [4.69, 9.17) is 5.11 Å². The first-order valence-electron chi connectivity index (χ1n) is 7.90. The number of rotatable bonds is 3. The van der Waals surface area contributed by atoms with Gasteiger partial charge in [-0.25, -0.2) is 0 Å². The number of likely N-dealkylation sites (tertiary alicyclic amines) is 1. The van der Waals surface area contributed by atoms with Crippen LogP contribution in [0.2, 0.25) is 0 Å². The van der Waals surface area contributed by atoms with Crippen molar-refractivity contribution in [1.82, 2.24) is 14.7 Å². The van der Waals surface area contributed by atoms with Crippen molar-refractivity contribution in [2.24, 2.45) is 5.92 Å². The number of carboxylic acids is 1. The fourth-order valence-electron chi connectivity index (χ4n) is 3.31. The lowest BCUT2D eigenvalue weighted by atomic mass is 9.97. The molecule has 1 N–H and O–H groups in total. The molecule has 6 nitrogen and oxygen atoms in total. The molecule has 2 saturated heterocycles. The highest BCUT2D eigenvalue weighted by Gasteiger charge is 2.29. The molecule has 0 aromatic rings. The highest BCUT2D eigenvalue weighted by atomic mass is 16.4. The number of hydrogen-bond donors (Lipinski definition) is 1. The van der Waals surface area contributed by atoms with Gasteiger partial charge in [-0.15, -0.1) is 0 Å². The van der Waals surface area contributed by atoms with Crippen molar-refractivity contribution < 1.29 is 14.7 Å². The van der Waals surface area contributed by atoms with Crippen LogP contribution < -0.4 is 0 Å². The molecule has 6 heteroatoms. The van der Waals surface area contributed by atoms with E-state index >= 15 is 0 Å². The summed E-state index contributed by atoms with van der Waals surface area (Å²) in [6, 6.07) is 0.387. The van der Waals surface area contributed by atoms with Gasteiger partial charge in [0.05, 0.1) is 12.5 Å². The third kappa shape index (κ3) is 4.41. The average molecular weight is 297 g/mol. The highest BCUT2D eigenvalue weighted by molar-refractivity contribution is 5.79. The van der Waals surface area contributed by atoms with E-state index in [1.165, 1.54) is 0 Å². The number of likely N-dealkylation sites (N-methyl/N-ethyl adjacent to an activating group) is 1. The van der Waals surface area contributed by atoms with Crippen LogP contribution in [0.4, 0.5) is 0 Å². The molecule has 0 aromatic carbocycles. The first-order valence-corrected chi connectivity index (χ1v) is 7.90. The molecule has 120 valence electrons. The molecule has 21 heavy (non-hydrogen) atoms. The summed E-state index contributed by atoms with van der Waals surface area (Å²) in [5, 5.41) is 9.00. The second kappa shape index (κ2) is 7.22. The molecular formula is C15H27N3O3. The van der Waals surface area contributed by atoms with Gasteiger partial charge in [-0.1, -0.05) is 0 Å². The standard InChI is InChI=1S/C15H27N3O3/c1-12-10-16(2)6-3-7-18(12)11-14(19)17-8-4-13(5-9-17)15(20)21/h12-13H,3-11H2,1-2H3,(H,20,21). The lowest BCUT2D eigenvalue weighted by Crippen LogP contribution is -2.48. The molecule has 2 fully saturated rings. The van der Waals surface area contributed by atoms with Gasteiger partial charge in [0, 0.05) is 32.2 Å². The number of carbonyl (C=O) groups excluding carboxylic acids is 1. The van der Waals surface area contributed by atoms with Gasteiger partial charge in [-0.05, 0) is 39.8 Å². The zero-order chi connectivity index (χ0) is 15.4. The van der Waals surface area contributed by atoms with Gasteiger partial charge in [-0.3, -0.25) is 14.5 Å². The second-order valence-electron chi connectivity index (χ2n) is 6.43. The number of hydrogen-bond acceptors (Lipinski definition) is 4. The van der Waals surface area contributed by atoms with Gasteiger partial charge in [0.2, 0.25) is 5.91 Å². The molecule has 0 spiro atoms. The zero-order valence-corrected chi connectivity index (χ0v) is 13.1. The number of carboxylic acid groups (broad SMARTS) is 1. The fourth-order valence-corrected chi connectivity index (χ4v) is 3.31. The van der Waals surface area contributed by atoms with Gasteiger partial charge in [0.25, 0.3) is 0 Å². The lowest BCUT2D eigenvalue weighted by molar-refractivity contribution is -0.146. The molecule has 1 atom stereocenters. The van der Waals surface area contributed by atoms with Crippen LogP contribution in [0.5, 0.6) is 0 Å². The topological polar surface area (TPSA) is 64.1 Å². The third-order valence-electron chi connectivity index (χ3n) is 4.72. The molecular weight excluding hydrogens is 270 g/mol. The van der Waals surface area contributed by atoms with Gasteiger partial charge < -0.3 is 14.9 Å². The van der Waals surface area contributed by atoms with E-state index in [0.717, 1.165) is 26.1 Å². The maximum atomic E-state index is 12.4. The summed E-state index contributed by atoms with van der Waals surface area (Å²) in [6.45, 7) is 6.84. The average Bonchev–Trinajstić information content (AvgIpc) is 2.60. The number of amides is 1. The summed E-state index contributed by atoms with van der Waals surface area (Å²) in [6.07, 6.45) is 2.26. The van der Waals surface area contributed by atoms with E-state index in [2.05, 4.69) is 23.8 Å². The minimum atomic E-state index is -0.730. The van der Waals surface area contributed by atoms with Gasteiger partial charge in [-0.2, -0.15) is 0 Å². The Hall–Kier alpha value is -1.14. The van der Waals surface area contributed by atoms with Crippen molar-refractivity contribution in [3.05, 3.63) is 0 Å². The molecule has 0 radical (unpaired) electrons. The summed E-state index contributed by atoms with van der Waals surface area (Å²) < 4.78 is 0. The first kappa shape index (κ1) is 16.2. The van der Waals surface area contributed by atoms with Crippen LogP contribution in [0.25, 0.3) is 0 Å². The Bertz CT molecular complexity index is 380. The van der Waals surface area contributed by atoms with Crippen molar-refractivity contribution in [3.8, 4) is 0 Å². The first-order chi connectivity index (χ1) is 9.97. The Kier molecular flexibility index (Phi) is 5.58. The summed E-state index contributed by atoms with van der Waals surface area (Å²) in [5.41, 5.74) is 0. The van der Waals surface area contributed by atoms with E-state index in [0.29, 0.717) is 38.5 Å². The monoisotopic (exact) mass is 297 g/mol. The molecule has 0 saturated carbocycles. The van der Waals surface area contributed by atoms with Crippen LogP contribution in [-0.4, -0.2) is 84.0 Å². The van der Waals surface area contributed by atoms with Crippen LogP contribution in [-0.2, 0) is 9.59 Å². The molecule has 0 aromatic heterocycles. The predicted octanol–water partition coefficient (Wildman–Crippen LogP) is 0.336. The van der Waals surface area contributed by atoms with E-state index in [1.807, 2.05) is 4.90 Å². The van der Waals surface area contributed by atoms with Crippen LogP contribution in [0.1, 0.15) is 26.2 Å².